The van der Waals surface area contributed by atoms with Crippen LogP contribution in [0.4, 0.5) is 4.39 Å². The van der Waals surface area contributed by atoms with Crippen LogP contribution >= 0.6 is 11.6 Å². The lowest BCUT2D eigenvalue weighted by Gasteiger charge is -2.13. The highest BCUT2D eigenvalue weighted by Crippen LogP contribution is 2.23. The van der Waals surface area contributed by atoms with Crippen molar-refractivity contribution in [3.8, 4) is 0 Å². The first-order chi connectivity index (χ1) is 8.08. The van der Waals surface area contributed by atoms with E-state index in [2.05, 4.69) is 0 Å². The van der Waals surface area contributed by atoms with Gasteiger partial charge in [0.15, 0.2) is 5.78 Å². The van der Waals surface area contributed by atoms with Gasteiger partial charge in [0.1, 0.15) is 11.9 Å². The summed E-state index contributed by atoms with van der Waals surface area (Å²) in [6.07, 6.45) is 0.767. The molecule has 1 aliphatic rings. The number of ether oxygens (including phenoxy) is 1. The SMILES string of the molecule is CC1CCOC1C(=O)Cc1ccc(Cl)c(F)c1. The summed E-state index contributed by atoms with van der Waals surface area (Å²) in [5, 5.41) is 0.0756. The molecule has 0 N–H and O–H groups in total. The second-order valence-corrected chi connectivity index (χ2v) is 4.86. The highest BCUT2D eigenvalue weighted by Gasteiger charge is 2.30. The van der Waals surface area contributed by atoms with Crippen LogP contribution in [-0.4, -0.2) is 18.5 Å². The monoisotopic (exact) mass is 256 g/mol. The van der Waals surface area contributed by atoms with Crippen molar-refractivity contribution in [3.05, 3.63) is 34.6 Å². The summed E-state index contributed by atoms with van der Waals surface area (Å²) in [6.45, 7) is 2.63. The maximum absolute atomic E-state index is 13.2. The third-order valence-corrected chi connectivity index (χ3v) is 3.37. The van der Waals surface area contributed by atoms with Gasteiger partial charge >= 0.3 is 0 Å². The number of carbonyl (C=O) groups is 1. The molecule has 1 aromatic carbocycles. The first kappa shape index (κ1) is 12.5. The van der Waals surface area contributed by atoms with Crippen LogP contribution in [-0.2, 0) is 16.0 Å². The van der Waals surface area contributed by atoms with Gasteiger partial charge in [-0.2, -0.15) is 0 Å². The van der Waals surface area contributed by atoms with E-state index in [1.54, 1.807) is 6.07 Å². The van der Waals surface area contributed by atoms with Crippen molar-refractivity contribution in [1.82, 2.24) is 0 Å². The van der Waals surface area contributed by atoms with Gasteiger partial charge in [-0.3, -0.25) is 4.79 Å². The summed E-state index contributed by atoms with van der Waals surface area (Å²) in [5.41, 5.74) is 0.639. The fourth-order valence-electron chi connectivity index (χ4n) is 2.06. The highest BCUT2D eigenvalue weighted by atomic mass is 35.5. The Hall–Kier alpha value is -0.930. The summed E-state index contributed by atoms with van der Waals surface area (Å²) >= 11 is 5.58. The molecule has 2 nitrogen and oxygen atoms in total. The van der Waals surface area contributed by atoms with Crippen LogP contribution in [0.3, 0.4) is 0 Å². The Morgan fingerprint density at radius 2 is 2.35 bits per heavy atom. The van der Waals surface area contributed by atoms with E-state index in [0.717, 1.165) is 6.42 Å². The Balaban J connectivity index is 2.05. The van der Waals surface area contributed by atoms with Crippen molar-refractivity contribution in [2.45, 2.75) is 25.9 Å². The number of Topliss-reactive ketones (excluding diaryl/α,β-unsaturated/α-hetero) is 1. The van der Waals surface area contributed by atoms with Gasteiger partial charge in [0, 0.05) is 13.0 Å². The van der Waals surface area contributed by atoms with Crippen LogP contribution in [0.15, 0.2) is 18.2 Å². The molecule has 1 fully saturated rings. The number of carbonyl (C=O) groups excluding carboxylic acids is 1. The first-order valence-corrected chi connectivity index (χ1v) is 6.04. The fourth-order valence-corrected chi connectivity index (χ4v) is 2.18. The van der Waals surface area contributed by atoms with E-state index in [1.807, 2.05) is 6.92 Å². The second-order valence-electron chi connectivity index (χ2n) is 4.45. The number of benzene rings is 1. The van der Waals surface area contributed by atoms with Gasteiger partial charge in [-0.05, 0) is 30.0 Å². The van der Waals surface area contributed by atoms with E-state index in [0.29, 0.717) is 12.2 Å². The molecule has 4 heteroatoms. The molecule has 92 valence electrons. The largest absolute Gasteiger partial charge is 0.370 e. The van der Waals surface area contributed by atoms with Gasteiger partial charge in [0.25, 0.3) is 0 Å². The predicted octanol–water partition coefficient (Wildman–Crippen LogP) is 3.02. The Labute approximate surface area is 105 Å². The van der Waals surface area contributed by atoms with Crippen LogP contribution < -0.4 is 0 Å². The molecule has 0 aliphatic carbocycles. The molecule has 1 aromatic rings. The number of ketones is 1. The van der Waals surface area contributed by atoms with Crippen molar-refractivity contribution >= 4 is 17.4 Å². The first-order valence-electron chi connectivity index (χ1n) is 5.66. The maximum Gasteiger partial charge on any atom is 0.166 e. The zero-order valence-electron chi connectivity index (χ0n) is 9.58. The minimum absolute atomic E-state index is 0.0109. The number of hydrogen-bond acceptors (Lipinski definition) is 2. The minimum Gasteiger partial charge on any atom is -0.370 e. The normalized spacial score (nSPS) is 23.9. The number of hydrogen-bond donors (Lipinski definition) is 0. The van der Waals surface area contributed by atoms with E-state index in [4.69, 9.17) is 16.3 Å². The third-order valence-electron chi connectivity index (χ3n) is 3.07. The number of rotatable bonds is 3. The highest BCUT2D eigenvalue weighted by molar-refractivity contribution is 6.30. The van der Waals surface area contributed by atoms with Crippen LogP contribution in [0.1, 0.15) is 18.9 Å². The molecule has 2 atom stereocenters. The Morgan fingerprint density at radius 3 is 2.94 bits per heavy atom. The van der Waals surface area contributed by atoms with Crippen molar-refractivity contribution in [3.63, 3.8) is 0 Å². The molecular formula is C13H14ClFO2. The van der Waals surface area contributed by atoms with Gasteiger partial charge in [-0.15, -0.1) is 0 Å². The average molecular weight is 257 g/mol. The third kappa shape index (κ3) is 2.85. The Kier molecular flexibility index (Phi) is 3.79. The maximum atomic E-state index is 13.2. The number of halogens is 2. The standard InChI is InChI=1S/C13H14ClFO2/c1-8-4-5-17-13(8)12(16)7-9-2-3-10(14)11(15)6-9/h2-3,6,8,13H,4-5,7H2,1H3. The Morgan fingerprint density at radius 1 is 1.59 bits per heavy atom. The topological polar surface area (TPSA) is 26.3 Å². The zero-order chi connectivity index (χ0) is 12.4. The van der Waals surface area contributed by atoms with E-state index in [1.165, 1.54) is 12.1 Å². The molecule has 2 unspecified atom stereocenters. The van der Waals surface area contributed by atoms with Crippen molar-refractivity contribution in [2.75, 3.05) is 6.61 Å². The molecule has 0 bridgehead atoms. The molecule has 0 saturated carbocycles. The minimum atomic E-state index is -0.489. The molecule has 0 radical (unpaired) electrons. The molecule has 1 saturated heterocycles. The van der Waals surface area contributed by atoms with Crippen LogP contribution in [0.2, 0.25) is 5.02 Å². The van der Waals surface area contributed by atoms with Crippen LogP contribution in [0.25, 0.3) is 0 Å². The van der Waals surface area contributed by atoms with Crippen LogP contribution in [0, 0.1) is 11.7 Å². The summed E-state index contributed by atoms with van der Waals surface area (Å²) < 4.78 is 18.6. The van der Waals surface area contributed by atoms with Gasteiger partial charge < -0.3 is 4.74 Å². The van der Waals surface area contributed by atoms with Crippen molar-refractivity contribution in [2.24, 2.45) is 5.92 Å². The smallest absolute Gasteiger partial charge is 0.166 e. The summed E-state index contributed by atoms with van der Waals surface area (Å²) in [7, 11) is 0. The molecule has 1 heterocycles. The van der Waals surface area contributed by atoms with E-state index in [-0.39, 0.29) is 29.2 Å². The summed E-state index contributed by atoms with van der Waals surface area (Å²) in [4.78, 5) is 11.9. The lowest BCUT2D eigenvalue weighted by atomic mass is 9.96. The summed E-state index contributed by atoms with van der Waals surface area (Å²) in [5.74, 6) is -0.228. The Bertz CT molecular complexity index is 433. The predicted molar refractivity (Wildman–Crippen MR) is 63.6 cm³/mol. The zero-order valence-corrected chi connectivity index (χ0v) is 10.3. The van der Waals surface area contributed by atoms with Gasteiger partial charge in [-0.25, -0.2) is 4.39 Å². The second kappa shape index (κ2) is 5.15. The molecule has 0 amide bonds. The van der Waals surface area contributed by atoms with Crippen molar-refractivity contribution in [1.29, 1.82) is 0 Å². The summed E-state index contributed by atoms with van der Waals surface area (Å²) in [6, 6.07) is 4.45. The van der Waals surface area contributed by atoms with Gasteiger partial charge in [-0.1, -0.05) is 24.6 Å². The average Bonchev–Trinajstić information content (AvgIpc) is 2.70. The lowest BCUT2D eigenvalue weighted by molar-refractivity contribution is -0.128. The quantitative estimate of drug-likeness (QED) is 0.831. The lowest BCUT2D eigenvalue weighted by Crippen LogP contribution is -2.26. The van der Waals surface area contributed by atoms with E-state index >= 15 is 0 Å². The van der Waals surface area contributed by atoms with Gasteiger partial charge in [0.05, 0.1) is 5.02 Å². The molecule has 1 aliphatic heterocycles. The molecule has 0 spiro atoms. The van der Waals surface area contributed by atoms with E-state index < -0.39 is 5.82 Å². The van der Waals surface area contributed by atoms with Crippen LogP contribution in [0.5, 0.6) is 0 Å². The van der Waals surface area contributed by atoms with Gasteiger partial charge in [0.2, 0.25) is 0 Å². The molecule has 17 heavy (non-hydrogen) atoms. The molecule has 2 rings (SSSR count). The fraction of sp³-hybridized carbons (Fsp3) is 0.462. The molecule has 0 aromatic heterocycles. The van der Waals surface area contributed by atoms with E-state index in [9.17, 15) is 9.18 Å². The molecular weight excluding hydrogens is 243 g/mol. The van der Waals surface area contributed by atoms with Crippen molar-refractivity contribution < 1.29 is 13.9 Å².